The topological polar surface area (TPSA) is 55.2 Å². The van der Waals surface area contributed by atoms with Crippen LogP contribution < -0.4 is 5.56 Å². The molecule has 1 saturated heterocycles. The van der Waals surface area contributed by atoms with E-state index in [2.05, 4.69) is 18.8 Å². The first kappa shape index (κ1) is 19.2. The Balaban J connectivity index is 1.89. The number of likely N-dealkylation sites (tertiary alicyclic amines) is 1. The molecule has 0 radical (unpaired) electrons. The first-order chi connectivity index (χ1) is 12.5. The zero-order valence-corrected chi connectivity index (χ0v) is 16.8. The Hall–Kier alpha value is -1.53. The number of thioether (sulfide) groups is 1. The van der Waals surface area contributed by atoms with Crippen LogP contribution in [-0.2, 0) is 11.3 Å². The van der Waals surface area contributed by atoms with Gasteiger partial charge in [-0.15, -0.1) is 0 Å². The van der Waals surface area contributed by atoms with Gasteiger partial charge in [-0.2, -0.15) is 0 Å². The molecule has 26 heavy (non-hydrogen) atoms. The lowest BCUT2D eigenvalue weighted by Crippen LogP contribution is -2.37. The van der Waals surface area contributed by atoms with Crippen LogP contribution in [0.5, 0.6) is 0 Å². The highest BCUT2D eigenvalue weighted by Gasteiger charge is 2.19. The van der Waals surface area contributed by atoms with Gasteiger partial charge in [0.2, 0.25) is 5.91 Å². The van der Waals surface area contributed by atoms with Crippen LogP contribution in [0.1, 0.15) is 33.1 Å². The Morgan fingerprint density at radius 2 is 2.00 bits per heavy atom. The third-order valence-electron chi connectivity index (χ3n) is 4.46. The summed E-state index contributed by atoms with van der Waals surface area (Å²) >= 11 is 7.40. The maximum Gasteiger partial charge on any atom is 0.262 e. The number of fused-ring (bicyclic) bond motifs is 1. The van der Waals surface area contributed by atoms with E-state index in [4.69, 9.17) is 11.6 Å². The number of hydrogen-bond donors (Lipinski definition) is 0. The standard InChI is InChI=1S/C19H24ClN3O2S/c1-13(2)11-23-18(25)15-7-6-14(20)10-16(15)21-19(23)26-12-17(24)22-8-4-3-5-9-22/h6-7,10,13H,3-5,8-9,11-12H2,1-2H3. The lowest BCUT2D eigenvalue weighted by Gasteiger charge is -2.26. The van der Waals surface area contributed by atoms with Gasteiger partial charge in [-0.05, 0) is 43.4 Å². The number of rotatable bonds is 5. The number of hydrogen-bond acceptors (Lipinski definition) is 4. The average Bonchev–Trinajstić information content (AvgIpc) is 2.62. The Kier molecular flexibility index (Phi) is 6.24. The second-order valence-electron chi connectivity index (χ2n) is 7.10. The largest absolute Gasteiger partial charge is 0.342 e. The zero-order chi connectivity index (χ0) is 18.7. The third kappa shape index (κ3) is 4.41. The predicted octanol–water partition coefficient (Wildman–Crippen LogP) is 3.81. The Morgan fingerprint density at radius 3 is 2.69 bits per heavy atom. The molecule has 140 valence electrons. The molecule has 1 amide bonds. The number of aromatic nitrogens is 2. The van der Waals surface area contributed by atoms with Crippen molar-refractivity contribution in [3.63, 3.8) is 0 Å². The van der Waals surface area contributed by atoms with Crippen LogP contribution >= 0.6 is 23.4 Å². The summed E-state index contributed by atoms with van der Waals surface area (Å²) in [5.41, 5.74) is 0.503. The number of amides is 1. The van der Waals surface area contributed by atoms with Gasteiger partial charge in [-0.3, -0.25) is 14.2 Å². The molecule has 0 unspecified atom stereocenters. The van der Waals surface area contributed by atoms with Gasteiger partial charge in [-0.1, -0.05) is 37.2 Å². The van der Waals surface area contributed by atoms with Gasteiger partial charge in [0.15, 0.2) is 5.16 Å². The van der Waals surface area contributed by atoms with Crippen LogP contribution in [0.25, 0.3) is 10.9 Å². The summed E-state index contributed by atoms with van der Waals surface area (Å²) in [6, 6.07) is 5.13. The van der Waals surface area contributed by atoms with Crippen molar-refractivity contribution < 1.29 is 4.79 Å². The predicted molar refractivity (Wildman–Crippen MR) is 107 cm³/mol. The molecule has 1 aliphatic heterocycles. The summed E-state index contributed by atoms with van der Waals surface area (Å²) in [4.78, 5) is 31.9. The van der Waals surface area contributed by atoms with E-state index in [1.54, 1.807) is 22.8 Å². The van der Waals surface area contributed by atoms with E-state index in [0.29, 0.717) is 39.3 Å². The van der Waals surface area contributed by atoms with Gasteiger partial charge in [0.25, 0.3) is 5.56 Å². The summed E-state index contributed by atoms with van der Waals surface area (Å²) in [5, 5.41) is 1.69. The third-order valence-corrected chi connectivity index (χ3v) is 5.66. The van der Waals surface area contributed by atoms with Crippen molar-refractivity contribution in [2.24, 2.45) is 5.92 Å². The van der Waals surface area contributed by atoms with E-state index in [-0.39, 0.29) is 11.5 Å². The molecule has 0 aliphatic carbocycles. The van der Waals surface area contributed by atoms with Gasteiger partial charge < -0.3 is 4.90 Å². The van der Waals surface area contributed by atoms with E-state index in [0.717, 1.165) is 25.9 Å². The fourth-order valence-corrected chi connectivity index (χ4v) is 4.25. The maximum atomic E-state index is 12.9. The van der Waals surface area contributed by atoms with Crippen LogP contribution in [-0.4, -0.2) is 39.2 Å². The van der Waals surface area contributed by atoms with Crippen LogP contribution in [0.2, 0.25) is 5.02 Å². The summed E-state index contributed by atoms with van der Waals surface area (Å²) in [7, 11) is 0. The zero-order valence-electron chi connectivity index (χ0n) is 15.2. The molecule has 5 nitrogen and oxygen atoms in total. The molecule has 2 heterocycles. The summed E-state index contributed by atoms with van der Waals surface area (Å²) in [5.74, 6) is 0.721. The first-order valence-corrected chi connectivity index (χ1v) is 10.4. The highest BCUT2D eigenvalue weighted by Crippen LogP contribution is 2.22. The van der Waals surface area contributed by atoms with Crippen molar-refractivity contribution in [1.29, 1.82) is 0 Å². The minimum absolute atomic E-state index is 0.0757. The lowest BCUT2D eigenvalue weighted by molar-refractivity contribution is -0.129. The summed E-state index contributed by atoms with van der Waals surface area (Å²) in [6.07, 6.45) is 3.33. The van der Waals surface area contributed by atoms with Crippen LogP contribution in [0.4, 0.5) is 0 Å². The molecule has 0 N–H and O–H groups in total. The molecule has 0 spiro atoms. The van der Waals surface area contributed by atoms with Crippen molar-refractivity contribution in [2.75, 3.05) is 18.8 Å². The minimum atomic E-state index is -0.0757. The van der Waals surface area contributed by atoms with Crippen LogP contribution in [0.3, 0.4) is 0 Å². The molecule has 1 aromatic heterocycles. The van der Waals surface area contributed by atoms with Gasteiger partial charge in [0, 0.05) is 24.7 Å². The molecule has 7 heteroatoms. The Morgan fingerprint density at radius 1 is 1.27 bits per heavy atom. The molecule has 0 saturated carbocycles. The molecular formula is C19H24ClN3O2S. The van der Waals surface area contributed by atoms with Crippen molar-refractivity contribution in [3.05, 3.63) is 33.6 Å². The number of halogens is 1. The summed E-state index contributed by atoms with van der Waals surface area (Å²) < 4.78 is 1.69. The maximum absolute atomic E-state index is 12.9. The van der Waals surface area contributed by atoms with Crippen LogP contribution in [0, 0.1) is 5.92 Å². The quantitative estimate of drug-likeness (QED) is 0.572. The minimum Gasteiger partial charge on any atom is -0.342 e. The molecule has 0 atom stereocenters. The molecule has 2 aromatic rings. The molecule has 3 rings (SSSR count). The molecule has 1 fully saturated rings. The van der Waals surface area contributed by atoms with Crippen molar-refractivity contribution in [2.45, 2.75) is 44.8 Å². The number of nitrogens with zero attached hydrogens (tertiary/aromatic N) is 3. The first-order valence-electron chi connectivity index (χ1n) is 9.06. The lowest BCUT2D eigenvalue weighted by atomic mass is 10.1. The smallest absolute Gasteiger partial charge is 0.262 e. The van der Waals surface area contributed by atoms with Crippen molar-refractivity contribution >= 4 is 40.2 Å². The molecular weight excluding hydrogens is 370 g/mol. The number of piperidine rings is 1. The Bertz CT molecular complexity index is 860. The second-order valence-corrected chi connectivity index (χ2v) is 8.47. The highest BCUT2D eigenvalue weighted by atomic mass is 35.5. The van der Waals surface area contributed by atoms with Gasteiger partial charge in [0.1, 0.15) is 0 Å². The van der Waals surface area contributed by atoms with E-state index in [1.807, 2.05) is 4.90 Å². The normalized spacial score (nSPS) is 15.0. The number of carbonyl (C=O) groups is 1. The van der Waals surface area contributed by atoms with Gasteiger partial charge >= 0.3 is 0 Å². The Labute approximate surface area is 162 Å². The van der Waals surface area contributed by atoms with Crippen molar-refractivity contribution in [1.82, 2.24) is 14.5 Å². The highest BCUT2D eigenvalue weighted by molar-refractivity contribution is 7.99. The molecule has 0 bridgehead atoms. The average molecular weight is 394 g/mol. The fourth-order valence-electron chi connectivity index (χ4n) is 3.17. The monoisotopic (exact) mass is 393 g/mol. The molecule has 1 aliphatic rings. The summed E-state index contributed by atoms with van der Waals surface area (Å²) in [6.45, 7) is 6.36. The van der Waals surface area contributed by atoms with E-state index in [1.165, 1.54) is 18.2 Å². The van der Waals surface area contributed by atoms with E-state index >= 15 is 0 Å². The number of benzene rings is 1. The van der Waals surface area contributed by atoms with Gasteiger partial charge in [0.05, 0.1) is 16.7 Å². The number of carbonyl (C=O) groups excluding carboxylic acids is 1. The van der Waals surface area contributed by atoms with Gasteiger partial charge in [-0.25, -0.2) is 4.98 Å². The van der Waals surface area contributed by atoms with Crippen LogP contribution in [0.15, 0.2) is 28.2 Å². The van der Waals surface area contributed by atoms with E-state index < -0.39 is 0 Å². The SMILES string of the molecule is CC(C)Cn1c(SCC(=O)N2CCCCC2)nc2cc(Cl)ccc2c1=O. The van der Waals surface area contributed by atoms with E-state index in [9.17, 15) is 9.59 Å². The second kappa shape index (κ2) is 8.44. The fraction of sp³-hybridized carbons (Fsp3) is 0.526. The van der Waals surface area contributed by atoms with Crippen molar-refractivity contribution in [3.8, 4) is 0 Å². The molecule has 1 aromatic carbocycles.